The molecule has 0 aliphatic rings. The van der Waals surface area contributed by atoms with E-state index < -0.39 is 0 Å². The summed E-state index contributed by atoms with van der Waals surface area (Å²) in [5, 5.41) is 10.0. The fraction of sp³-hybridized carbons (Fsp3) is 0. The zero-order valence-electron chi connectivity index (χ0n) is 29.9. The minimum atomic E-state index is 0.941. The predicted octanol–water partition coefficient (Wildman–Crippen LogP) is 13.7. The summed E-state index contributed by atoms with van der Waals surface area (Å²) >= 11 is 0. The van der Waals surface area contributed by atoms with Crippen molar-refractivity contribution < 1.29 is 0 Å². The smallest absolute Gasteiger partial charge is 0.0715 e. The molecule has 0 spiro atoms. The molecule has 3 nitrogen and oxygen atoms in total. The zero-order valence-corrected chi connectivity index (χ0v) is 29.9. The van der Waals surface area contributed by atoms with Crippen LogP contribution in [0.1, 0.15) is 0 Å². The molecule has 0 unspecified atom stereocenters. The largest absolute Gasteiger partial charge is 0.309 e. The van der Waals surface area contributed by atoms with Crippen molar-refractivity contribution in [2.24, 2.45) is 0 Å². The quantitative estimate of drug-likeness (QED) is 0.167. The van der Waals surface area contributed by atoms with Crippen LogP contribution in [0.25, 0.3) is 105 Å². The molecule has 0 radical (unpaired) electrons. The first-order valence-corrected chi connectivity index (χ1v) is 18.7. The lowest BCUT2D eigenvalue weighted by Gasteiger charge is -2.15. The van der Waals surface area contributed by atoms with E-state index in [-0.39, 0.29) is 0 Å². The molecule has 0 aliphatic carbocycles. The highest BCUT2D eigenvalue weighted by Crippen LogP contribution is 2.44. The molecule has 0 amide bonds. The van der Waals surface area contributed by atoms with Crippen LogP contribution >= 0.6 is 0 Å². The van der Waals surface area contributed by atoms with Gasteiger partial charge in [0.05, 0.1) is 22.4 Å². The molecule has 3 heteroatoms. The summed E-state index contributed by atoms with van der Waals surface area (Å²) < 4.78 is 2.41. The molecular weight excluding hydrogens is 667 g/mol. The SMILES string of the molecule is c1ccc(-c2cc(-c3ccc(-c4ccncc4)cc3)nc(-c3ccc4c(c3)c3ccccc3c3ccc5c(c6ccccc6n5-c5ccccc5)c34)c2)cc1. The number of para-hydroxylation sites is 2. The summed E-state index contributed by atoms with van der Waals surface area (Å²) in [5.41, 5.74) is 12.2. The van der Waals surface area contributed by atoms with Gasteiger partial charge in [0.1, 0.15) is 0 Å². The number of pyridine rings is 2. The Labute approximate surface area is 318 Å². The second-order valence-corrected chi connectivity index (χ2v) is 14.2. The van der Waals surface area contributed by atoms with Gasteiger partial charge in [0.25, 0.3) is 0 Å². The number of hydrogen-bond donors (Lipinski definition) is 0. The molecule has 3 heterocycles. The first kappa shape index (κ1) is 31.2. The standard InChI is InChI=1S/C52H33N3/c1-3-11-34(12-4-1)39-32-47(37-21-19-35(20-22-37)36-27-29-53-30-28-36)54-48(33-39)38-23-24-44-46(31-38)42-16-8-7-15-41(42)43-25-26-50-52(51(43)44)45-17-9-10-18-49(45)55(50)40-13-5-2-6-14-40/h1-33H. The summed E-state index contributed by atoms with van der Waals surface area (Å²) in [6, 6.07) is 67.8. The Kier molecular flexibility index (Phi) is 7.17. The van der Waals surface area contributed by atoms with Gasteiger partial charge in [-0.3, -0.25) is 4.98 Å². The molecule has 256 valence electrons. The van der Waals surface area contributed by atoms with Crippen LogP contribution in [-0.4, -0.2) is 14.5 Å². The summed E-state index contributed by atoms with van der Waals surface area (Å²) in [5.74, 6) is 0. The average Bonchev–Trinajstić information content (AvgIpc) is 3.61. The summed E-state index contributed by atoms with van der Waals surface area (Å²) in [6.45, 7) is 0. The van der Waals surface area contributed by atoms with Crippen LogP contribution < -0.4 is 0 Å². The maximum atomic E-state index is 5.37. The van der Waals surface area contributed by atoms with Gasteiger partial charge in [0.2, 0.25) is 0 Å². The number of rotatable bonds is 5. The second-order valence-electron chi connectivity index (χ2n) is 14.2. The lowest BCUT2D eigenvalue weighted by molar-refractivity contribution is 1.18. The minimum Gasteiger partial charge on any atom is -0.309 e. The maximum absolute atomic E-state index is 5.37. The van der Waals surface area contributed by atoms with Crippen LogP contribution in [-0.2, 0) is 0 Å². The van der Waals surface area contributed by atoms with E-state index >= 15 is 0 Å². The van der Waals surface area contributed by atoms with E-state index in [9.17, 15) is 0 Å². The number of nitrogens with zero attached hydrogens (tertiary/aromatic N) is 3. The fourth-order valence-corrected chi connectivity index (χ4v) is 8.52. The van der Waals surface area contributed by atoms with Gasteiger partial charge in [-0.25, -0.2) is 4.98 Å². The van der Waals surface area contributed by atoms with Gasteiger partial charge in [-0.15, -0.1) is 0 Å². The Morgan fingerprint density at radius 2 is 0.855 bits per heavy atom. The van der Waals surface area contributed by atoms with Gasteiger partial charge >= 0.3 is 0 Å². The van der Waals surface area contributed by atoms with Crippen molar-refractivity contribution in [2.45, 2.75) is 0 Å². The van der Waals surface area contributed by atoms with E-state index in [1.165, 1.54) is 54.1 Å². The van der Waals surface area contributed by atoms with Gasteiger partial charge in [-0.2, -0.15) is 0 Å². The molecule has 0 atom stereocenters. The molecule has 8 aromatic carbocycles. The first-order valence-electron chi connectivity index (χ1n) is 18.7. The van der Waals surface area contributed by atoms with E-state index in [0.717, 1.165) is 50.5 Å². The van der Waals surface area contributed by atoms with Gasteiger partial charge in [-0.05, 0) is 104 Å². The normalized spacial score (nSPS) is 11.6. The minimum absolute atomic E-state index is 0.941. The molecule has 0 N–H and O–H groups in total. The van der Waals surface area contributed by atoms with Gasteiger partial charge in [0, 0.05) is 45.4 Å². The summed E-state index contributed by atoms with van der Waals surface area (Å²) in [4.78, 5) is 9.56. The molecule has 0 saturated carbocycles. The highest BCUT2D eigenvalue weighted by Gasteiger charge is 2.19. The molecule has 11 rings (SSSR count). The molecule has 3 aromatic heterocycles. The highest BCUT2D eigenvalue weighted by atomic mass is 15.0. The monoisotopic (exact) mass is 699 g/mol. The van der Waals surface area contributed by atoms with E-state index in [0.29, 0.717) is 0 Å². The molecular formula is C52H33N3. The molecule has 0 saturated heterocycles. The van der Waals surface area contributed by atoms with Crippen LogP contribution in [0.5, 0.6) is 0 Å². The van der Waals surface area contributed by atoms with Crippen molar-refractivity contribution in [3.05, 3.63) is 200 Å². The van der Waals surface area contributed by atoms with Crippen molar-refractivity contribution >= 4 is 54.1 Å². The Hall–Kier alpha value is -7.36. The lowest BCUT2D eigenvalue weighted by Crippen LogP contribution is -1.93. The summed E-state index contributed by atoms with van der Waals surface area (Å²) in [7, 11) is 0. The van der Waals surface area contributed by atoms with E-state index in [2.05, 4.69) is 185 Å². The number of benzene rings is 8. The molecule has 0 bridgehead atoms. The summed E-state index contributed by atoms with van der Waals surface area (Å²) in [6.07, 6.45) is 3.67. The van der Waals surface area contributed by atoms with E-state index in [1.54, 1.807) is 0 Å². The van der Waals surface area contributed by atoms with Gasteiger partial charge in [-0.1, -0.05) is 133 Å². The van der Waals surface area contributed by atoms with Crippen molar-refractivity contribution in [3.8, 4) is 50.5 Å². The third-order valence-electron chi connectivity index (χ3n) is 11.1. The Morgan fingerprint density at radius 1 is 0.309 bits per heavy atom. The van der Waals surface area contributed by atoms with Gasteiger partial charge in [0.15, 0.2) is 0 Å². The second kappa shape index (κ2) is 12.6. The van der Waals surface area contributed by atoms with Crippen LogP contribution in [0.3, 0.4) is 0 Å². The Bertz CT molecular complexity index is 3220. The number of fused-ring (bicyclic) bond motifs is 10. The molecule has 55 heavy (non-hydrogen) atoms. The van der Waals surface area contributed by atoms with Crippen molar-refractivity contribution in [1.82, 2.24) is 14.5 Å². The highest BCUT2D eigenvalue weighted by molar-refractivity contribution is 6.35. The number of hydrogen-bond acceptors (Lipinski definition) is 2. The third kappa shape index (κ3) is 5.13. The van der Waals surface area contributed by atoms with Crippen LogP contribution in [0.4, 0.5) is 0 Å². The van der Waals surface area contributed by atoms with Crippen LogP contribution in [0.2, 0.25) is 0 Å². The lowest BCUT2D eigenvalue weighted by atomic mass is 9.90. The van der Waals surface area contributed by atoms with Crippen molar-refractivity contribution in [1.29, 1.82) is 0 Å². The van der Waals surface area contributed by atoms with Crippen molar-refractivity contribution in [2.75, 3.05) is 0 Å². The topological polar surface area (TPSA) is 30.7 Å². The number of aromatic nitrogens is 3. The van der Waals surface area contributed by atoms with E-state index in [1.807, 2.05) is 24.5 Å². The molecule has 11 aromatic rings. The van der Waals surface area contributed by atoms with Crippen LogP contribution in [0.15, 0.2) is 200 Å². The maximum Gasteiger partial charge on any atom is 0.0715 e. The average molecular weight is 700 g/mol. The molecule has 0 fully saturated rings. The first-order chi connectivity index (χ1) is 27.3. The van der Waals surface area contributed by atoms with E-state index in [4.69, 9.17) is 4.98 Å². The predicted molar refractivity (Wildman–Crippen MR) is 231 cm³/mol. The molecule has 0 aliphatic heterocycles. The van der Waals surface area contributed by atoms with Crippen molar-refractivity contribution in [3.63, 3.8) is 0 Å². The fourth-order valence-electron chi connectivity index (χ4n) is 8.52. The zero-order chi connectivity index (χ0) is 36.3. The van der Waals surface area contributed by atoms with Crippen LogP contribution in [0, 0.1) is 0 Å². The third-order valence-corrected chi connectivity index (χ3v) is 11.1. The van der Waals surface area contributed by atoms with Gasteiger partial charge < -0.3 is 4.57 Å². The Morgan fingerprint density at radius 3 is 1.62 bits per heavy atom. The Balaban J connectivity index is 1.16.